The van der Waals surface area contributed by atoms with Crippen molar-refractivity contribution in [3.05, 3.63) is 78.9 Å². The van der Waals surface area contributed by atoms with Gasteiger partial charge in [0.05, 0.1) is 16.7 Å². The lowest BCUT2D eigenvalue weighted by atomic mass is 10.0. The summed E-state index contributed by atoms with van der Waals surface area (Å²) < 4.78 is 1.93. The van der Waals surface area contributed by atoms with E-state index in [0.717, 1.165) is 34.4 Å². The second-order valence-electron chi connectivity index (χ2n) is 7.30. The van der Waals surface area contributed by atoms with Crippen molar-refractivity contribution in [2.24, 2.45) is 0 Å². The normalized spacial score (nSPS) is 11.0. The third kappa shape index (κ3) is 4.47. The first kappa shape index (κ1) is 19.6. The molecule has 2 N–H and O–H groups in total. The van der Waals surface area contributed by atoms with Crippen molar-refractivity contribution in [1.82, 2.24) is 24.9 Å². The quantitative estimate of drug-likeness (QED) is 0.498. The zero-order valence-electron chi connectivity index (χ0n) is 17.0. The van der Waals surface area contributed by atoms with E-state index in [1.54, 1.807) is 12.4 Å². The van der Waals surface area contributed by atoms with Gasteiger partial charge >= 0.3 is 0 Å². The second-order valence-corrected chi connectivity index (χ2v) is 7.30. The first-order chi connectivity index (χ1) is 14.6. The Kier molecular flexibility index (Phi) is 5.72. The van der Waals surface area contributed by atoms with E-state index in [1.807, 2.05) is 78.5 Å². The van der Waals surface area contributed by atoms with E-state index in [0.29, 0.717) is 12.1 Å². The first-order valence-electron chi connectivity index (χ1n) is 9.78. The van der Waals surface area contributed by atoms with E-state index in [4.69, 9.17) is 0 Å². The van der Waals surface area contributed by atoms with Crippen LogP contribution < -0.4 is 10.7 Å². The minimum Gasteiger partial charge on any atom is -0.351 e. The minimum atomic E-state index is -0.0736. The van der Waals surface area contributed by atoms with Gasteiger partial charge in [-0.2, -0.15) is 0 Å². The topological polar surface area (TPSA) is 75.1 Å². The molecule has 4 aromatic rings. The van der Waals surface area contributed by atoms with Crippen LogP contribution in [0.5, 0.6) is 0 Å². The van der Waals surface area contributed by atoms with Gasteiger partial charge in [0.1, 0.15) is 0 Å². The van der Waals surface area contributed by atoms with Gasteiger partial charge in [0.25, 0.3) is 5.91 Å². The smallest absolute Gasteiger partial charge is 0.251 e. The average Bonchev–Trinajstić information content (AvgIpc) is 3.16. The fraction of sp³-hybridized carbons (Fsp3) is 0.174. The maximum Gasteiger partial charge on any atom is 0.251 e. The van der Waals surface area contributed by atoms with E-state index in [9.17, 15) is 4.79 Å². The van der Waals surface area contributed by atoms with Gasteiger partial charge in [0.2, 0.25) is 0 Å². The molecule has 0 saturated heterocycles. The van der Waals surface area contributed by atoms with Crippen LogP contribution in [-0.2, 0) is 0 Å². The molecule has 0 unspecified atom stereocenters. The zero-order valence-corrected chi connectivity index (χ0v) is 17.0. The molecule has 0 saturated carbocycles. The lowest BCUT2D eigenvalue weighted by Gasteiger charge is -2.11. The van der Waals surface area contributed by atoms with Crippen molar-refractivity contribution in [3.63, 3.8) is 0 Å². The van der Waals surface area contributed by atoms with Gasteiger partial charge in [-0.3, -0.25) is 24.9 Å². The summed E-state index contributed by atoms with van der Waals surface area (Å²) in [5, 5.41) is 2.96. The second kappa shape index (κ2) is 8.75. The summed E-state index contributed by atoms with van der Waals surface area (Å²) in [6.45, 7) is 1.41. The van der Waals surface area contributed by atoms with Crippen molar-refractivity contribution in [3.8, 4) is 11.1 Å². The van der Waals surface area contributed by atoms with Gasteiger partial charge < -0.3 is 10.2 Å². The molecule has 0 atom stereocenters. The molecule has 1 aromatic carbocycles. The monoisotopic (exact) mass is 400 g/mol. The molecule has 152 valence electrons. The molecule has 0 spiro atoms. The molecule has 0 fully saturated rings. The molecule has 0 aliphatic heterocycles. The lowest BCUT2D eigenvalue weighted by molar-refractivity contribution is 0.0951. The van der Waals surface area contributed by atoms with E-state index >= 15 is 0 Å². The van der Waals surface area contributed by atoms with E-state index in [1.165, 1.54) is 0 Å². The highest BCUT2D eigenvalue weighted by molar-refractivity contribution is 5.95. The zero-order chi connectivity index (χ0) is 20.9. The Morgan fingerprint density at radius 2 is 1.90 bits per heavy atom. The van der Waals surface area contributed by atoms with Crippen LogP contribution in [0.15, 0.2) is 73.3 Å². The van der Waals surface area contributed by atoms with Crippen molar-refractivity contribution in [1.29, 1.82) is 0 Å². The summed E-state index contributed by atoms with van der Waals surface area (Å²) in [5.74, 6) is -0.0736. The molecule has 0 radical (unpaired) electrons. The Morgan fingerprint density at radius 3 is 2.70 bits per heavy atom. The maximum absolute atomic E-state index is 12.5. The number of anilines is 1. The molecule has 0 aliphatic carbocycles. The molecule has 7 heteroatoms. The number of nitrogens with zero attached hydrogens (tertiary/aromatic N) is 4. The number of likely N-dealkylation sites (N-methyl/N-ethyl adjacent to an activating group) is 1. The highest BCUT2D eigenvalue weighted by Crippen LogP contribution is 2.24. The number of pyridine rings is 2. The predicted octanol–water partition coefficient (Wildman–Crippen LogP) is 3.26. The summed E-state index contributed by atoms with van der Waals surface area (Å²) in [7, 11) is 3.96. The number of carbonyl (C=O) groups is 1. The molecule has 0 bridgehead atoms. The number of hydrogen-bond donors (Lipinski definition) is 2. The van der Waals surface area contributed by atoms with Gasteiger partial charge in [-0.1, -0.05) is 12.1 Å². The van der Waals surface area contributed by atoms with Crippen molar-refractivity contribution < 1.29 is 4.79 Å². The highest BCUT2D eigenvalue weighted by Gasteiger charge is 2.09. The third-order valence-electron chi connectivity index (χ3n) is 4.77. The highest BCUT2D eigenvalue weighted by atomic mass is 16.1. The van der Waals surface area contributed by atoms with Gasteiger partial charge in [0.15, 0.2) is 0 Å². The average molecular weight is 400 g/mol. The Bertz CT molecular complexity index is 1150. The van der Waals surface area contributed by atoms with Crippen LogP contribution in [0.25, 0.3) is 22.2 Å². The Balaban J connectivity index is 1.59. The summed E-state index contributed by atoms with van der Waals surface area (Å²) in [6, 6.07) is 15.5. The number of nitrogens with one attached hydrogen (secondary N) is 2. The number of carbonyl (C=O) groups excluding carboxylic acids is 1. The summed E-state index contributed by atoms with van der Waals surface area (Å²) in [6.07, 6.45) is 7.26. The molecule has 30 heavy (non-hydrogen) atoms. The standard InChI is InChI=1S/C23H24N6O/c1-28(2)13-11-25-23(30)18-5-3-4-17(14-18)19-15-22-21(26-16-19)8-12-29(22)27-20-6-9-24-10-7-20/h3-10,12,14-16H,11,13H2,1-2H3,(H,24,27)(H,25,30). The molecule has 0 aliphatic rings. The number of amides is 1. The predicted molar refractivity (Wildman–Crippen MR) is 119 cm³/mol. The van der Waals surface area contributed by atoms with Crippen molar-refractivity contribution >= 4 is 22.6 Å². The molecule has 1 amide bonds. The van der Waals surface area contributed by atoms with Crippen LogP contribution in [0.1, 0.15) is 10.4 Å². The van der Waals surface area contributed by atoms with Crippen LogP contribution in [0.2, 0.25) is 0 Å². The van der Waals surface area contributed by atoms with Crippen molar-refractivity contribution in [2.45, 2.75) is 0 Å². The Hall–Kier alpha value is -3.71. The number of hydrogen-bond acceptors (Lipinski definition) is 5. The van der Waals surface area contributed by atoms with Gasteiger partial charge in [-0.15, -0.1) is 0 Å². The van der Waals surface area contributed by atoms with Gasteiger partial charge in [0, 0.05) is 49.0 Å². The number of rotatable bonds is 7. The number of fused-ring (bicyclic) bond motifs is 1. The Morgan fingerprint density at radius 1 is 1.07 bits per heavy atom. The van der Waals surface area contributed by atoms with Gasteiger partial charge in [-0.25, -0.2) is 0 Å². The largest absolute Gasteiger partial charge is 0.351 e. The summed E-state index contributed by atoms with van der Waals surface area (Å²) in [5.41, 5.74) is 8.63. The van der Waals surface area contributed by atoms with E-state index in [-0.39, 0.29) is 5.91 Å². The third-order valence-corrected chi connectivity index (χ3v) is 4.77. The summed E-state index contributed by atoms with van der Waals surface area (Å²) in [4.78, 5) is 23.1. The molecular formula is C23H24N6O. The molecule has 4 rings (SSSR count). The van der Waals surface area contributed by atoms with Crippen LogP contribution in [0.4, 0.5) is 5.69 Å². The fourth-order valence-corrected chi connectivity index (χ4v) is 3.17. The van der Waals surface area contributed by atoms with Crippen LogP contribution in [0, 0.1) is 0 Å². The fourth-order valence-electron chi connectivity index (χ4n) is 3.17. The lowest BCUT2D eigenvalue weighted by Crippen LogP contribution is -2.31. The van der Waals surface area contributed by atoms with Crippen molar-refractivity contribution in [2.75, 3.05) is 32.6 Å². The minimum absolute atomic E-state index is 0.0736. The maximum atomic E-state index is 12.5. The summed E-state index contributed by atoms with van der Waals surface area (Å²) >= 11 is 0. The molecule has 3 heterocycles. The van der Waals surface area contributed by atoms with Crippen LogP contribution in [-0.4, -0.2) is 52.6 Å². The van der Waals surface area contributed by atoms with Crippen LogP contribution in [0.3, 0.4) is 0 Å². The number of aromatic nitrogens is 3. The number of benzene rings is 1. The molecule has 3 aromatic heterocycles. The molecular weight excluding hydrogens is 376 g/mol. The van der Waals surface area contributed by atoms with E-state index < -0.39 is 0 Å². The SMILES string of the molecule is CN(C)CCNC(=O)c1cccc(-c2cnc3ccn(Nc4ccncc4)c3c2)c1. The Labute approximate surface area is 175 Å². The van der Waals surface area contributed by atoms with Crippen LogP contribution >= 0.6 is 0 Å². The first-order valence-corrected chi connectivity index (χ1v) is 9.78. The molecule has 7 nitrogen and oxygen atoms in total. The van der Waals surface area contributed by atoms with Gasteiger partial charge in [-0.05, 0) is 56.1 Å². The van der Waals surface area contributed by atoms with E-state index in [2.05, 4.69) is 26.8 Å².